The van der Waals surface area contributed by atoms with Crippen LogP contribution in [-0.2, 0) is 27.8 Å². The molecule has 1 aromatic heterocycles. The molecule has 0 radical (unpaired) electrons. The third-order valence-corrected chi connectivity index (χ3v) is 5.74. The Kier molecular flexibility index (Phi) is 5.27. The van der Waals surface area contributed by atoms with Crippen molar-refractivity contribution in [3.8, 4) is 0 Å². The van der Waals surface area contributed by atoms with E-state index in [1.807, 2.05) is 41.7 Å². The van der Waals surface area contributed by atoms with Crippen molar-refractivity contribution in [2.45, 2.75) is 65.5 Å². The summed E-state index contributed by atoms with van der Waals surface area (Å²) in [6, 6.07) is 0. The molecule has 0 aromatic carbocycles. The molecule has 2 unspecified atom stereocenters. The van der Waals surface area contributed by atoms with Crippen LogP contribution in [0.5, 0.6) is 0 Å². The van der Waals surface area contributed by atoms with E-state index in [1.165, 1.54) is 0 Å². The second-order valence-electron chi connectivity index (χ2n) is 7.40. The molecule has 1 saturated carbocycles. The van der Waals surface area contributed by atoms with Gasteiger partial charge in [-0.2, -0.15) is 5.10 Å². The molecule has 25 heavy (non-hydrogen) atoms. The summed E-state index contributed by atoms with van der Waals surface area (Å²) in [6.07, 6.45) is 0.900. The number of nitrogens with zero attached hydrogens (tertiary/aromatic N) is 2. The molecule has 1 amide bonds. The molecular formula is C18H29N3O4. The lowest BCUT2D eigenvalue weighted by molar-refractivity contribution is -0.194. The highest BCUT2D eigenvalue weighted by Crippen LogP contribution is 2.51. The van der Waals surface area contributed by atoms with Gasteiger partial charge in [0, 0.05) is 37.6 Å². The number of aryl methyl sites for hydroxylation is 2. The van der Waals surface area contributed by atoms with Gasteiger partial charge in [-0.25, -0.2) is 4.79 Å². The highest BCUT2D eigenvalue weighted by Gasteiger charge is 2.66. The first kappa shape index (κ1) is 19.4. The summed E-state index contributed by atoms with van der Waals surface area (Å²) >= 11 is 0. The van der Waals surface area contributed by atoms with Gasteiger partial charge in [-0.15, -0.1) is 0 Å². The molecule has 2 N–H and O–H groups in total. The number of hydrogen-bond acceptors (Lipinski definition) is 4. The topological polar surface area (TPSA) is 93.5 Å². The molecular weight excluding hydrogens is 322 g/mol. The van der Waals surface area contributed by atoms with Crippen LogP contribution in [0.2, 0.25) is 0 Å². The molecule has 140 valence electrons. The fourth-order valence-electron chi connectivity index (χ4n) is 3.76. The van der Waals surface area contributed by atoms with Gasteiger partial charge in [-0.1, -0.05) is 13.8 Å². The van der Waals surface area contributed by atoms with Crippen molar-refractivity contribution in [3.05, 3.63) is 17.0 Å². The van der Waals surface area contributed by atoms with Crippen molar-refractivity contribution >= 4 is 11.9 Å². The highest BCUT2D eigenvalue weighted by atomic mass is 16.5. The smallest absolute Gasteiger partial charge is 0.330 e. The van der Waals surface area contributed by atoms with Gasteiger partial charge in [0.15, 0.2) is 0 Å². The Morgan fingerprint density at radius 3 is 2.48 bits per heavy atom. The molecule has 1 aromatic rings. The van der Waals surface area contributed by atoms with Crippen molar-refractivity contribution in [2.75, 3.05) is 6.61 Å². The van der Waals surface area contributed by atoms with Crippen molar-refractivity contribution < 1.29 is 19.4 Å². The van der Waals surface area contributed by atoms with Gasteiger partial charge in [0.2, 0.25) is 5.91 Å². The first-order valence-electron chi connectivity index (χ1n) is 8.72. The van der Waals surface area contributed by atoms with E-state index in [9.17, 15) is 14.7 Å². The molecule has 1 aliphatic carbocycles. The van der Waals surface area contributed by atoms with Gasteiger partial charge in [-0.3, -0.25) is 9.48 Å². The minimum absolute atomic E-state index is 0.170. The second kappa shape index (κ2) is 6.78. The number of rotatable bonds is 7. The second-order valence-corrected chi connectivity index (χ2v) is 7.40. The number of ether oxygens (including phenoxy) is 1. The maximum atomic E-state index is 12.5. The minimum atomic E-state index is -1.27. The molecule has 1 heterocycles. The summed E-state index contributed by atoms with van der Waals surface area (Å²) in [7, 11) is 1.87. The van der Waals surface area contributed by atoms with Gasteiger partial charge in [-0.05, 0) is 32.8 Å². The average molecular weight is 351 g/mol. The summed E-state index contributed by atoms with van der Waals surface area (Å²) in [5.41, 5.74) is 1.04. The third kappa shape index (κ3) is 3.17. The summed E-state index contributed by atoms with van der Waals surface area (Å²) < 4.78 is 7.41. The zero-order valence-electron chi connectivity index (χ0n) is 16.0. The molecule has 0 aliphatic heterocycles. The monoisotopic (exact) mass is 351 g/mol. The quantitative estimate of drug-likeness (QED) is 0.780. The van der Waals surface area contributed by atoms with Gasteiger partial charge in [0.1, 0.15) is 5.54 Å². The Hall–Kier alpha value is -1.89. The van der Waals surface area contributed by atoms with Crippen LogP contribution in [-0.4, -0.2) is 45.0 Å². The predicted molar refractivity (Wildman–Crippen MR) is 93.3 cm³/mol. The summed E-state index contributed by atoms with van der Waals surface area (Å²) in [4.78, 5) is 24.4. The van der Waals surface area contributed by atoms with Gasteiger partial charge >= 0.3 is 5.97 Å². The molecule has 0 saturated heterocycles. The number of amides is 1. The van der Waals surface area contributed by atoms with E-state index in [1.54, 1.807) is 4.68 Å². The van der Waals surface area contributed by atoms with Gasteiger partial charge < -0.3 is 15.2 Å². The van der Waals surface area contributed by atoms with Crippen LogP contribution < -0.4 is 5.32 Å². The summed E-state index contributed by atoms with van der Waals surface area (Å²) in [5, 5.41) is 16.9. The fourth-order valence-corrected chi connectivity index (χ4v) is 3.76. The number of aromatic nitrogens is 2. The number of aliphatic carboxylic acids is 1. The number of hydrogen-bond donors (Lipinski definition) is 2. The van der Waals surface area contributed by atoms with E-state index in [0.29, 0.717) is 19.4 Å². The number of carboxylic acid groups (broad SMARTS) is 1. The van der Waals surface area contributed by atoms with E-state index in [2.05, 4.69) is 10.4 Å². The lowest BCUT2D eigenvalue weighted by atomic mass is 9.54. The van der Waals surface area contributed by atoms with Crippen LogP contribution in [0.25, 0.3) is 0 Å². The largest absolute Gasteiger partial charge is 0.479 e. The Balaban J connectivity index is 2.06. The molecule has 0 bridgehead atoms. The molecule has 1 fully saturated rings. The Morgan fingerprint density at radius 2 is 2.04 bits per heavy atom. The van der Waals surface area contributed by atoms with E-state index in [-0.39, 0.29) is 18.4 Å². The highest BCUT2D eigenvalue weighted by molar-refractivity contribution is 5.89. The maximum Gasteiger partial charge on any atom is 0.330 e. The average Bonchev–Trinajstić information content (AvgIpc) is 2.76. The van der Waals surface area contributed by atoms with Crippen LogP contribution in [0.1, 0.15) is 50.6 Å². The maximum absolute atomic E-state index is 12.5. The zero-order chi connectivity index (χ0) is 19.0. The van der Waals surface area contributed by atoms with Crippen LogP contribution in [0.3, 0.4) is 0 Å². The minimum Gasteiger partial charge on any atom is -0.479 e. The zero-order valence-corrected chi connectivity index (χ0v) is 16.0. The lowest BCUT2D eigenvalue weighted by Crippen LogP contribution is -2.76. The SMILES string of the molecule is CCOC1CC(NC(=O)CCc2c(C)nn(C)c2C)(C(=O)O)C1(C)C. The van der Waals surface area contributed by atoms with Crippen molar-refractivity contribution in [1.29, 1.82) is 0 Å². The standard InChI is InChI=1S/C18H29N3O4/c1-7-25-14-10-18(16(23)24,17(14,4)5)19-15(22)9-8-13-11(2)20-21(6)12(13)3/h14H,7-10H2,1-6H3,(H,19,22)(H,23,24). The molecule has 7 nitrogen and oxygen atoms in total. The molecule has 2 atom stereocenters. The van der Waals surface area contributed by atoms with Gasteiger partial charge in [0.05, 0.1) is 11.8 Å². The number of carbonyl (C=O) groups excluding carboxylic acids is 1. The number of nitrogens with one attached hydrogen (secondary N) is 1. The lowest BCUT2D eigenvalue weighted by Gasteiger charge is -2.58. The summed E-state index contributed by atoms with van der Waals surface area (Å²) in [6.45, 7) is 9.96. The number of carbonyl (C=O) groups is 2. The fraction of sp³-hybridized carbons (Fsp3) is 0.722. The molecule has 7 heteroatoms. The van der Waals surface area contributed by atoms with Crippen LogP contribution >= 0.6 is 0 Å². The predicted octanol–water partition coefficient (Wildman–Crippen LogP) is 1.74. The normalized spacial score (nSPS) is 24.6. The summed E-state index contributed by atoms with van der Waals surface area (Å²) in [5.74, 6) is -1.26. The van der Waals surface area contributed by atoms with Crippen LogP contribution in [0.15, 0.2) is 0 Å². The molecule has 2 rings (SSSR count). The van der Waals surface area contributed by atoms with E-state index >= 15 is 0 Å². The van der Waals surface area contributed by atoms with E-state index in [0.717, 1.165) is 17.0 Å². The third-order valence-electron chi connectivity index (χ3n) is 5.74. The first-order valence-corrected chi connectivity index (χ1v) is 8.72. The van der Waals surface area contributed by atoms with Crippen molar-refractivity contribution in [3.63, 3.8) is 0 Å². The van der Waals surface area contributed by atoms with Crippen LogP contribution in [0, 0.1) is 19.3 Å². The Labute approximate surface area is 148 Å². The van der Waals surface area contributed by atoms with Crippen LogP contribution in [0.4, 0.5) is 0 Å². The van der Waals surface area contributed by atoms with Crippen molar-refractivity contribution in [1.82, 2.24) is 15.1 Å². The van der Waals surface area contributed by atoms with E-state index < -0.39 is 16.9 Å². The van der Waals surface area contributed by atoms with Crippen molar-refractivity contribution in [2.24, 2.45) is 12.5 Å². The molecule has 1 aliphatic rings. The molecule has 0 spiro atoms. The Bertz CT molecular complexity index is 680. The van der Waals surface area contributed by atoms with Gasteiger partial charge in [0.25, 0.3) is 0 Å². The van der Waals surface area contributed by atoms with E-state index in [4.69, 9.17) is 4.74 Å². The number of carboxylic acids is 1. The Morgan fingerprint density at radius 1 is 1.40 bits per heavy atom. The first-order chi connectivity index (χ1) is 11.6.